The molecule has 1 rings (SSSR count). The Morgan fingerprint density at radius 3 is 2.71 bits per heavy atom. The van der Waals surface area contributed by atoms with Crippen LogP contribution in [0.1, 0.15) is 18.9 Å². The van der Waals surface area contributed by atoms with E-state index in [-0.39, 0.29) is 35.8 Å². The molecule has 0 fully saturated rings. The molecule has 1 aromatic rings. The minimum atomic E-state index is -4.49. The summed E-state index contributed by atoms with van der Waals surface area (Å²) in [5, 5.41) is 5.21. The number of rotatable bonds is 6. The van der Waals surface area contributed by atoms with Gasteiger partial charge in [-0.05, 0) is 13.0 Å². The lowest BCUT2D eigenvalue weighted by Gasteiger charge is -2.12. The molecule has 21 heavy (non-hydrogen) atoms. The zero-order valence-corrected chi connectivity index (χ0v) is 12.1. The van der Waals surface area contributed by atoms with E-state index < -0.39 is 11.7 Å². The zero-order chi connectivity index (χ0) is 16.0. The molecule has 118 valence electrons. The van der Waals surface area contributed by atoms with Gasteiger partial charge in [-0.1, -0.05) is 11.6 Å². The number of anilines is 1. The fraction of sp³-hybridized carbons (Fsp3) is 0.500. The van der Waals surface area contributed by atoms with Gasteiger partial charge in [-0.3, -0.25) is 4.79 Å². The summed E-state index contributed by atoms with van der Waals surface area (Å²) in [6.45, 7) is 2.28. The number of nitrogens with one attached hydrogen (secondary N) is 2. The summed E-state index contributed by atoms with van der Waals surface area (Å²) < 4.78 is 37.3. The monoisotopic (exact) mass is 324 g/mol. The van der Waals surface area contributed by atoms with Crippen LogP contribution in [0, 0.1) is 0 Å². The van der Waals surface area contributed by atoms with E-state index in [1.165, 1.54) is 0 Å². The minimum Gasteiger partial charge on any atom is -0.368 e. The number of hydrogen-bond acceptors (Lipinski definition) is 4. The van der Waals surface area contributed by atoms with E-state index >= 15 is 0 Å². The lowest BCUT2D eigenvalue weighted by molar-refractivity contribution is -0.137. The predicted octanol–water partition coefficient (Wildman–Crippen LogP) is 2.02. The van der Waals surface area contributed by atoms with Crippen molar-refractivity contribution in [2.45, 2.75) is 25.6 Å². The maximum absolute atomic E-state index is 12.4. The molecule has 0 aliphatic rings. The van der Waals surface area contributed by atoms with Gasteiger partial charge in [0.15, 0.2) is 0 Å². The summed E-state index contributed by atoms with van der Waals surface area (Å²) >= 11 is 5.72. The van der Waals surface area contributed by atoms with Gasteiger partial charge < -0.3 is 16.4 Å². The highest BCUT2D eigenvalue weighted by Gasteiger charge is 2.31. The topological polar surface area (TPSA) is 80.0 Å². The van der Waals surface area contributed by atoms with Crippen molar-refractivity contribution in [2.24, 2.45) is 5.73 Å². The fourth-order valence-corrected chi connectivity index (χ4v) is 1.66. The summed E-state index contributed by atoms with van der Waals surface area (Å²) in [5.41, 5.74) is 4.44. The molecule has 0 saturated carbocycles. The largest absolute Gasteiger partial charge is 0.417 e. The van der Waals surface area contributed by atoms with Gasteiger partial charge in [-0.15, -0.1) is 0 Å². The van der Waals surface area contributed by atoms with Gasteiger partial charge in [0.1, 0.15) is 5.82 Å². The Bertz CT molecular complexity index is 496. The molecule has 0 bridgehead atoms. The van der Waals surface area contributed by atoms with Crippen LogP contribution in [0.5, 0.6) is 0 Å². The van der Waals surface area contributed by atoms with E-state index in [0.29, 0.717) is 12.7 Å². The molecule has 0 spiro atoms. The molecule has 4 N–H and O–H groups in total. The lowest BCUT2D eigenvalue weighted by Crippen LogP contribution is -2.38. The molecule has 9 heteroatoms. The first-order chi connectivity index (χ1) is 9.74. The molecular weight excluding hydrogens is 309 g/mol. The molecular formula is C12H16ClF3N4O. The second kappa shape index (κ2) is 7.46. The Balaban J connectivity index is 2.51. The van der Waals surface area contributed by atoms with Crippen molar-refractivity contribution >= 4 is 23.3 Å². The second-order valence-electron chi connectivity index (χ2n) is 4.43. The first-order valence-electron chi connectivity index (χ1n) is 6.20. The molecule has 0 unspecified atom stereocenters. The van der Waals surface area contributed by atoms with Gasteiger partial charge >= 0.3 is 6.18 Å². The molecule has 0 aliphatic heterocycles. The van der Waals surface area contributed by atoms with Crippen LogP contribution in [0.25, 0.3) is 0 Å². The van der Waals surface area contributed by atoms with Crippen LogP contribution in [0.4, 0.5) is 19.0 Å². The van der Waals surface area contributed by atoms with Crippen molar-refractivity contribution in [3.8, 4) is 0 Å². The second-order valence-corrected chi connectivity index (χ2v) is 4.84. The zero-order valence-electron chi connectivity index (χ0n) is 11.3. The molecule has 5 nitrogen and oxygen atoms in total. The van der Waals surface area contributed by atoms with Gasteiger partial charge in [0.05, 0.1) is 10.6 Å². The molecule has 0 saturated heterocycles. The standard InChI is InChI=1S/C12H16ClF3N4O/c1-7(5-17)20-10(21)2-3-18-11-9(13)4-8(6-19-11)12(14,15)16/h4,6-7H,2-3,5,17H2,1H3,(H,18,19)(H,20,21)/t7-/m0/s1. The summed E-state index contributed by atoms with van der Waals surface area (Å²) in [4.78, 5) is 15.1. The van der Waals surface area contributed by atoms with E-state index in [0.717, 1.165) is 6.07 Å². The third kappa shape index (κ3) is 5.76. The highest BCUT2D eigenvalue weighted by molar-refractivity contribution is 6.32. The number of nitrogens with zero attached hydrogens (tertiary/aromatic N) is 1. The van der Waals surface area contributed by atoms with Gasteiger partial charge in [0.2, 0.25) is 5.91 Å². The lowest BCUT2D eigenvalue weighted by atomic mass is 10.2. The van der Waals surface area contributed by atoms with Crippen LogP contribution < -0.4 is 16.4 Å². The van der Waals surface area contributed by atoms with Crippen LogP contribution >= 0.6 is 11.6 Å². The Kier molecular flexibility index (Phi) is 6.22. The van der Waals surface area contributed by atoms with Crippen molar-refractivity contribution in [2.75, 3.05) is 18.4 Å². The van der Waals surface area contributed by atoms with Crippen LogP contribution in [0.2, 0.25) is 5.02 Å². The Morgan fingerprint density at radius 2 is 2.19 bits per heavy atom. The molecule has 1 atom stereocenters. The van der Waals surface area contributed by atoms with Crippen LogP contribution in [-0.4, -0.2) is 30.0 Å². The number of hydrogen-bond donors (Lipinski definition) is 3. The van der Waals surface area contributed by atoms with E-state index in [2.05, 4.69) is 15.6 Å². The maximum Gasteiger partial charge on any atom is 0.417 e. The molecule has 1 amide bonds. The number of pyridine rings is 1. The summed E-state index contributed by atoms with van der Waals surface area (Å²) in [7, 11) is 0. The van der Waals surface area contributed by atoms with E-state index in [9.17, 15) is 18.0 Å². The predicted molar refractivity (Wildman–Crippen MR) is 74.0 cm³/mol. The highest BCUT2D eigenvalue weighted by atomic mass is 35.5. The van der Waals surface area contributed by atoms with Crippen molar-refractivity contribution in [3.05, 3.63) is 22.8 Å². The van der Waals surface area contributed by atoms with E-state index in [4.69, 9.17) is 17.3 Å². The summed E-state index contributed by atoms with van der Waals surface area (Å²) in [6, 6.07) is 0.651. The number of aromatic nitrogens is 1. The van der Waals surface area contributed by atoms with Crippen molar-refractivity contribution in [3.63, 3.8) is 0 Å². The highest BCUT2D eigenvalue weighted by Crippen LogP contribution is 2.32. The van der Waals surface area contributed by atoms with Gasteiger partial charge in [0, 0.05) is 31.7 Å². The first-order valence-corrected chi connectivity index (χ1v) is 6.58. The molecule has 0 aliphatic carbocycles. The molecule has 0 radical (unpaired) electrons. The van der Waals surface area contributed by atoms with Crippen LogP contribution in [-0.2, 0) is 11.0 Å². The molecule has 0 aromatic carbocycles. The number of nitrogens with two attached hydrogens (primary N) is 1. The van der Waals surface area contributed by atoms with Crippen LogP contribution in [0.3, 0.4) is 0 Å². The quantitative estimate of drug-likeness (QED) is 0.748. The Hall–Kier alpha value is -1.54. The normalized spacial score (nSPS) is 12.9. The molecule has 1 aromatic heterocycles. The Morgan fingerprint density at radius 1 is 1.52 bits per heavy atom. The third-order valence-electron chi connectivity index (χ3n) is 2.57. The average Bonchev–Trinajstić information content (AvgIpc) is 2.39. The Labute approximate surface area is 125 Å². The summed E-state index contributed by atoms with van der Waals surface area (Å²) in [5.74, 6) is -0.118. The average molecular weight is 325 g/mol. The van der Waals surface area contributed by atoms with Gasteiger partial charge in [0.25, 0.3) is 0 Å². The number of alkyl halides is 3. The van der Waals surface area contributed by atoms with Gasteiger partial charge in [-0.2, -0.15) is 13.2 Å². The molecule has 1 heterocycles. The van der Waals surface area contributed by atoms with Crippen LogP contribution in [0.15, 0.2) is 12.3 Å². The number of amides is 1. The number of carbonyl (C=O) groups excluding carboxylic acids is 1. The van der Waals surface area contributed by atoms with Crippen molar-refractivity contribution in [1.29, 1.82) is 0 Å². The smallest absolute Gasteiger partial charge is 0.368 e. The van der Waals surface area contributed by atoms with Crippen molar-refractivity contribution in [1.82, 2.24) is 10.3 Å². The number of carbonyl (C=O) groups is 1. The third-order valence-corrected chi connectivity index (χ3v) is 2.86. The first kappa shape index (κ1) is 17.5. The maximum atomic E-state index is 12.4. The fourth-order valence-electron chi connectivity index (χ4n) is 1.42. The number of halogens is 4. The minimum absolute atomic E-state index is 0.101. The summed E-state index contributed by atoms with van der Waals surface area (Å²) in [6.07, 6.45) is -3.68. The van der Waals surface area contributed by atoms with Crippen molar-refractivity contribution < 1.29 is 18.0 Å². The van der Waals surface area contributed by atoms with E-state index in [1.807, 2.05) is 0 Å². The SMILES string of the molecule is C[C@@H](CN)NC(=O)CCNc1ncc(C(F)(F)F)cc1Cl. The van der Waals surface area contributed by atoms with Gasteiger partial charge in [-0.25, -0.2) is 4.98 Å². The van der Waals surface area contributed by atoms with E-state index in [1.54, 1.807) is 6.92 Å².